The van der Waals surface area contributed by atoms with Crippen molar-refractivity contribution in [1.82, 2.24) is 0 Å². The third kappa shape index (κ3) is 5.11. The van der Waals surface area contributed by atoms with E-state index in [-0.39, 0.29) is 30.6 Å². The highest BCUT2D eigenvalue weighted by Crippen LogP contribution is 2.41. The number of allylic oxidation sites excluding steroid dienone is 1. The second kappa shape index (κ2) is 10.3. The fraction of sp³-hybridized carbons (Fsp3) is 0.435. The van der Waals surface area contributed by atoms with Gasteiger partial charge in [-0.1, -0.05) is 24.8 Å². The minimum absolute atomic E-state index is 0.00817. The zero-order valence-electron chi connectivity index (χ0n) is 18.1. The number of benzene rings is 1. The molecule has 0 saturated carbocycles. The SMILES string of the molecule is C=CCOC(=O)C1C(C)=NC(C)=C(C(=O)OC[C@@H]2CCCO2)[C@H]1c1cccc([N+](=O)[O-])c1. The summed E-state index contributed by atoms with van der Waals surface area (Å²) in [7, 11) is 0. The maximum atomic E-state index is 13.1. The summed E-state index contributed by atoms with van der Waals surface area (Å²) < 4.78 is 16.3. The average Bonchev–Trinajstić information content (AvgIpc) is 3.29. The van der Waals surface area contributed by atoms with Crippen LogP contribution in [0.3, 0.4) is 0 Å². The van der Waals surface area contributed by atoms with Crippen molar-refractivity contribution in [3.05, 3.63) is 63.9 Å². The molecular weight excluding hydrogens is 416 g/mol. The van der Waals surface area contributed by atoms with Crippen molar-refractivity contribution in [3.8, 4) is 0 Å². The van der Waals surface area contributed by atoms with E-state index in [1.807, 2.05) is 0 Å². The van der Waals surface area contributed by atoms with E-state index < -0.39 is 28.7 Å². The lowest BCUT2D eigenvalue weighted by Crippen LogP contribution is -2.37. The van der Waals surface area contributed by atoms with Crippen LogP contribution in [0.15, 0.2) is 53.2 Å². The molecule has 2 heterocycles. The first-order valence-electron chi connectivity index (χ1n) is 10.4. The molecule has 2 aliphatic heterocycles. The number of ether oxygens (including phenoxy) is 3. The second-order valence-corrected chi connectivity index (χ2v) is 7.71. The largest absolute Gasteiger partial charge is 0.461 e. The summed E-state index contributed by atoms with van der Waals surface area (Å²) in [5.41, 5.74) is 1.30. The molecule has 0 aliphatic carbocycles. The number of hydrogen-bond acceptors (Lipinski definition) is 8. The topological polar surface area (TPSA) is 117 Å². The van der Waals surface area contributed by atoms with Crippen LogP contribution >= 0.6 is 0 Å². The van der Waals surface area contributed by atoms with Crippen LogP contribution in [0.5, 0.6) is 0 Å². The highest BCUT2D eigenvalue weighted by atomic mass is 16.6. The second-order valence-electron chi connectivity index (χ2n) is 7.71. The van der Waals surface area contributed by atoms with E-state index in [2.05, 4.69) is 11.6 Å². The van der Waals surface area contributed by atoms with Crippen molar-refractivity contribution < 1.29 is 28.7 Å². The molecule has 9 heteroatoms. The molecule has 1 saturated heterocycles. The van der Waals surface area contributed by atoms with Crippen molar-refractivity contribution >= 4 is 23.3 Å². The van der Waals surface area contributed by atoms with Crippen LogP contribution in [0.1, 0.15) is 38.2 Å². The van der Waals surface area contributed by atoms with Gasteiger partial charge < -0.3 is 14.2 Å². The van der Waals surface area contributed by atoms with Crippen LogP contribution in [-0.4, -0.2) is 48.5 Å². The molecule has 0 amide bonds. The lowest BCUT2D eigenvalue weighted by Gasteiger charge is -2.31. The Kier molecular flexibility index (Phi) is 7.53. The number of aliphatic imine (C=N–C) groups is 1. The smallest absolute Gasteiger partial charge is 0.336 e. The van der Waals surface area contributed by atoms with Crippen LogP contribution in [0.25, 0.3) is 0 Å². The lowest BCUT2D eigenvalue weighted by atomic mass is 9.75. The van der Waals surface area contributed by atoms with Gasteiger partial charge in [0, 0.05) is 36.1 Å². The Labute approximate surface area is 185 Å². The minimum atomic E-state index is -0.939. The van der Waals surface area contributed by atoms with Gasteiger partial charge in [0.15, 0.2) is 0 Å². The standard InChI is InChI=1S/C23H26N2O7/c1-4-10-31-22(26)19-14(2)24-15(3)20(23(27)32-13-18-9-6-11-30-18)21(19)16-7-5-8-17(12-16)25(28)29/h4-5,7-8,12,18-19,21H,1,6,9-11,13H2,2-3H3/t18-,19?,21-/m0/s1. The molecule has 32 heavy (non-hydrogen) atoms. The van der Waals surface area contributed by atoms with Crippen LogP contribution in [0.2, 0.25) is 0 Å². The zero-order chi connectivity index (χ0) is 23.3. The summed E-state index contributed by atoms with van der Waals surface area (Å²) in [6.07, 6.45) is 2.97. The van der Waals surface area contributed by atoms with Gasteiger partial charge in [0.05, 0.1) is 16.6 Å². The Balaban J connectivity index is 2.01. The maximum Gasteiger partial charge on any atom is 0.336 e. The number of hydrogen-bond donors (Lipinski definition) is 0. The molecule has 0 aromatic heterocycles. The van der Waals surface area contributed by atoms with Gasteiger partial charge in [-0.05, 0) is 32.3 Å². The number of nitrogens with zero attached hydrogens (tertiary/aromatic N) is 2. The van der Waals surface area contributed by atoms with E-state index in [0.29, 0.717) is 23.6 Å². The molecule has 9 nitrogen and oxygen atoms in total. The molecule has 3 rings (SSSR count). The van der Waals surface area contributed by atoms with E-state index in [1.165, 1.54) is 24.3 Å². The summed E-state index contributed by atoms with van der Waals surface area (Å²) in [4.78, 5) is 41.3. The van der Waals surface area contributed by atoms with Crippen LogP contribution in [-0.2, 0) is 23.8 Å². The summed E-state index contributed by atoms with van der Waals surface area (Å²) in [5, 5.41) is 11.3. The predicted octanol–water partition coefficient (Wildman–Crippen LogP) is 3.49. The first kappa shape index (κ1) is 23.3. The Hall–Kier alpha value is -3.33. The van der Waals surface area contributed by atoms with Gasteiger partial charge in [-0.3, -0.25) is 19.9 Å². The summed E-state index contributed by atoms with van der Waals surface area (Å²) in [6, 6.07) is 5.87. The van der Waals surface area contributed by atoms with Gasteiger partial charge in [-0.2, -0.15) is 0 Å². The molecule has 2 aliphatic rings. The summed E-state index contributed by atoms with van der Waals surface area (Å²) in [5.74, 6) is -3.01. The molecule has 0 radical (unpaired) electrons. The average molecular weight is 442 g/mol. The van der Waals surface area contributed by atoms with E-state index >= 15 is 0 Å². The highest BCUT2D eigenvalue weighted by Gasteiger charge is 2.43. The Bertz CT molecular complexity index is 976. The van der Waals surface area contributed by atoms with Crippen molar-refractivity contribution in [2.24, 2.45) is 10.9 Å². The molecule has 0 bridgehead atoms. The lowest BCUT2D eigenvalue weighted by molar-refractivity contribution is -0.384. The van der Waals surface area contributed by atoms with Crippen LogP contribution in [0, 0.1) is 16.0 Å². The molecule has 1 fully saturated rings. The van der Waals surface area contributed by atoms with Crippen LogP contribution < -0.4 is 0 Å². The van der Waals surface area contributed by atoms with Gasteiger partial charge in [0.2, 0.25) is 0 Å². The Morgan fingerprint density at radius 2 is 2.12 bits per heavy atom. The number of carbonyl (C=O) groups is 2. The third-order valence-corrected chi connectivity index (χ3v) is 5.51. The van der Waals surface area contributed by atoms with Gasteiger partial charge in [0.1, 0.15) is 19.1 Å². The van der Waals surface area contributed by atoms with Crippen molar-refractivity contribution in [1.29, 1.82) is 0 Å². The molecule has 0 spiro atoms. The third-order valence-electron chi connectivity index (χ3n) is 5.51. The predicted molar refractivity (Wildman–Crippen MR) is 116 cm³/mol. The number of nitro benzene ring substituents is 1. The van der Waals surface area contributed by atoms with E-state index in [4.69, 9.17) is 14.2 Å². The Morgan fingerprint density at radius 3 is 2.78 bits per heavy atom. The summed E-state index contributed by atoms with van der Waals surface area (Å²) in [6.45, 7) is 7.57. The number of esters is 2. The quantitative estimate of drug-likeness (QED) is 0.262. The molecule has 1 aromatic carbocycles. The van der Waals surface area contributed by atoms with Crippen molar-refractivity contribution in [3.63, 3.8) is 0 Å². The maximum absolute atomic E-state index is 13.1. The molecule has 3 atom stereocenters. The van der Waals surface area contributed by atoms with Crippen molar-refractivity contribution in [2.45, 2.75) is 38.7 Å². The first-order chi connectivity index (χ1) is 15.3. The van der Waals surface area contributed by atoms with Crippen LogP contribution in [0.4, 0.5) is 5.69 Å². The van der Waals surface area contributed by atoms with Gasteiger partial charge >= 0.3 is 11.9 Å². The monoisotopic (exact) mass is 442 g/mol. The zero-order valence-corrected chi connectivity index (χ0v) is 18.1. The number of nitro groups is 1. The Morgan fingerprint density at radius 1 is 1.34 bits per heavy atom. The minimum Gasteiger partial charge on any atom is -0.461 e. The van der Waals surface area contributed by atoms with Gasteiger partial charge in [0.25, 0.3) is 5.69 Å². The normalized spacial score (nSPS) is 22.8. The van der Waals surface area contributed by atoms with E-state index in [9.17, 15) is 19.7 Å². The molecule has 1 aromatic rings. The molecule has 1 unspecified atom stereocenters. The number of carbonyl (C=O) groups excluding carboxylic acids is 2. The highest BCUT2D eigenvalue weighted by molar-refractivity contribution is 6.07. The fourth-order valence-corrected chi connectivity index (χ4v) is 4.05. The van der Waals surface area contributed by atoms with Gasteiger partial charge in [-0.15, -0.1) is 0 Å². The summed E-state index contributed by atoms with van der Waals surface area (Å²) >= 11 is 0. The molecular formula is C23H26N2O7. The number of rotatable bonds is 8. The van der Waals surface area contributed by atoms with Gasteiger partial charge in [-0.25, -0.2) is 4.79 Å². The molecule has 0 N–H and O–H groups in total. The van der Waals surface area contributed by atoms with E-state index in [0.717, 1.165) is 12.8 Å². The fourth-order valence-electron chi connectivity index (χ4n) is 4.05. The first-order valence-corrected chi connectivity index (χ1v) is 10.4. The molecule has 170 valence electrons. The number of non-ortho nitro benzene ring substituents is 1. The van der Waals surface area contributed by atoms with E-state index in [1.54, 1.807) is 19.9 Å². The van der Waals surface area contributed by atoms with Crippen molar-refractivity contribution in [2.75, 3.05) is 19.8 Å².